The van der Waals surface area contributed by atoms with E-state index in [1.165, 1.54) is 117 Å². The minimum atomic E-state index is -0.243. The molecule has 0 unspecified atom stereocenters. The Kier molecular flexibility index (Phi) is 6.97. The summed E-state index contributed by atoms with van der Waals surface area (Å²) in [5.74, 6) is 0. The van der Waals surface area contributed by atoms with Gasteiger partial charge >= 0.3 is 6.85 Å². The van der Waals surface area contributed by atoms with Crippen LogP contribution in [0.25, 0.3) is 55.3 Å². The zero-order chi connectivity index (χ0) is 40.8. The van der Waals surface area contributed by atoms with Crippen molar-refractivity contribution in [3.8, 4) is 44.5 Å². The molecule has 0 amide bonds. The van der Waals surface area contributed by atoms with Crippen LogP contribution < -0.4 is 20.6 Å². The molecule has 2 nitrogen and oxygen atoms in total. The van der Waals surface area contributed by atoms with Crippen molar-refractivity contribution < 1.29 is 0 Å². The number of hydrogen-bond acceptors (Lipinski definition) is 2. The molecule has 3 heterocycles. The van der Waals surface area contributed by atoms with E-state index in [1.54, 1.807) is 0 Å². The van der Waals surface area contributed by atoms with Crippen molar-refractivity contribution in [2.24, 2.45) is 0 Å². The number of anilines is 5. The SMILES string of the molecule is CC1(C)c2cc3ccccc3cc2N2c3c(cccc31)B1c3c(cc4c(c32)C(C)(C)c2ccccc2-4)-c2ccc(-c3ccccc3)cc2N1c1ccc(-c2ccccc2)cc1. The van der Waals surface area contributed by atoms with E-state index in [2.05, 4.69) is 225 Å². The second-order valence-corrected chi connectivity index (χ2v) is 18.5. The summed E-state index contributed by atoms with van der Waals surface area (Å²) in [6, 6.07) is 70.9. The number of nitrogens with zero attached hydrogens (tertiary/aromatic N) is 2. The van der Waals surface area contributed by atoms with Crippen LogP contribution in [0.4, 0.5) is 28.4 Å². The molecule has 0 bridgehead atoms. The van der Waals surface area contributed by atoms with Crippen LogP contribution >= 0.6 is 0 Å². The van der Waals surface area contributed by atoms with E-state index in [0.29, 0.717) is 0 Å². The molecule has 1 aliphatic carbocycles. The Balaban J connectivity index is 1.18. The lowest BCUT2D eigenvalue weighted by Gasteiger charge is -2.51. The van der Waals surface area contributed by atoms with Crippen molar-refractivity contribution in [2.75, 3.05) is 9.71 Å². The molecule has 9 aromatic rings. The molecule has 288 valence electrons. The first kappa shape index (κ1) is 34.7. The van der Waals surface area contributed by atoms with Gasteiger partial charge in [0, 0.05) is 39.1 Å². The average Bonchev–Trinajstić information content (AvgIpc) is 3.54. The van der Waals surface area contributed by atoms with Crippen LogP contribution in [0.1, 0.15) is 49.9 Å². The van der Waals surface area contributed by atoms with Gasteiger partial charge in [0.05, 0.1) is 5.69 Å². The molecule has 0 saturated heterocycles. The molecule has 61 heavy (non-hydrogen) atoms. The summed E-state index contributed by atoms with van der Waals surface area (Å²) in [4.78, 5) is 5.40. The third-order valence-corrected chi connectivity index (χ3v) is 14.6. The van der Waals surface area contributed by atoms with Crippen molar-refractivity contribution >= 4 is 57.0 Å². The van der Waals surface area contributed by atoms with Gasteiger partial charge in [-0.05, 0) is 119 Å². The van der Waals surface area contributed by atoms with Crippen molar-refractivity contribution in [3.05, 3.63) is 210 Å². The summed E-state index contributed by atoms with van der Waals surface area (Å²) >= 11 is 0. The van der Waals surface area contributed by atoms with E-state index in [0.717, 1.165) is 0 Å². The predicted octanol–water partition coefficient (Wildman–Crippen LogP) is 13.8. The van der Waals surface area contributed by atoms with Crippen molar-refractivity contribution in [3.63, 3.8) is 0 Å². The third-order valence-electron chi connectivity index (χ3n) is 14.6. The Morgan fingerprint density at radius 3 is 1.77 bits per heavy atom. The van der Waals surface area contributed by atoms with Crippen LogP contribution in [0, 0.1) is 0 Å². The van der Waals surface area contributed by atoms with Crippen LogP contribution in [0.3, 0.4) is 0 Å². The molecular weight excluding hydrogens is 735 g/mol. The van der Waals surface area contributed by atoms with E-state index in [1.807, 2.05) is 0 Å². The number of fused-ring (bicyclic) bond motifs is 11. The Bertz CT molecular complexity index is 3310. The van der Waals surface area contributed by atoms with Gasteiger partial charge < -0.3 is 9.71 Å². The third kappa shape index (κ3) is 4.64. The van der Waals surface area contributed by atoms with Crippen molar-refractivity contribution in [1.82, 2.24) is 0 Å². The van der Waals surface area contributed by atoms with E-state index < -0.39 is 0 Å². The molecule has 13 rings (SSSR count). The average molecular weight is 779 g/mol. The van der Waals surface area contributed by atoms with Crippen molar-refractivity contribution in [2.45, 2.75) is 38.5 Å². The molecular formula is C58H43BN2. The zero-order valence-electron chi connectivity index (χ0n) is 34.9. The molecule has 3 aliphatic heterocycles. The first-order valence-electron chi connectivity index (χ1n) is 21.7. The van der Waals surface area contributed by atoms with Crippen LogP contribution in [-0.4, -0.2) is 6.85 Å². The highest BCUT2D eigenvalue weighted by atomic mass is 15.2. The maximum atomic E-state index is 2.72. The minimum absolute atomic E-state index is 0.0834. The van der Waals surface area contributed by atoms with Gasteiger partial charge in [0.1, 0.15) is 0 Å². The lowest BCUT2D eigenvalue weighted by atomic mass is 9.42. The molecule has 0 radical (unpaired) electrons. The molecule has 0 atom stereocenters. The lowest BCUT2D eigenvalue weighted by Crippen LogP contribution is -2.63. The highest BCUT2D eigenvalue weighted by Crippen LogP contribution is 2.61. The van der Waals surface area contributed by atoms with Crippen LogP contribution in [0.15, 0.2) is 188 Å². The van der Waals surface area contributed by atoms with Gasteiger partial charge in [0.2, 0.25) is 0 Å². The molecule has 0 aromatic heterocycles. The highest BCUT2D eigenvalue weighted by Gasteiger charge is 2.53. The molecule has 4 aliphatic rings. The first-order valence-corrected chi connectivity index (χ1v) is 21.7. The summed E-state index contributed by atoms with van der Waals surface area (Å²) in [7, 11) is 0. The predicted molar refractivity (Wildman–Crippen MR) is 258 cm³/mol. The smallest absolute Gasteiger partial charge is 0.333 e. The van der Waals surface area contributed by atoms with Gasteiger partial charge in [-0.25, -0.2) is 0 Å². The van der Waals surface area contributed by atoms with Gasteiger partial charge in [-0.15, -0.1) is 0 Å². The molecule has 0 fully saturated rings. The maximum absolute atomic E-state index is 2.72. The van der Waals surface area contributed by atoms with E-state index in [4.69, 9.17) is 0 Å². The fraction of sp³-hybridized carbons (Fsp3) is 0.103. The largest absolute Gasteiger partial charge is 0.376 e. The Labute approximate surface area is 358 Å². The molecule has 0 saturated carbocycles. The van der Waals surface area contributed by atoms with Gasteiger partial charge in [-0.3, -0.25) is 0 Å². The van der Waals surface area contributed by atoms with Gasteiger partial charge in [-0.2, -0.15) is 0 Å². The zero-order valence-corrected chi connectivity index (χ0v) is 34.9. The second kappa shape index (κ2) is 12.2. The summed E-state index contributed by atoms with van der Waals surface area (Å²) in [6.07, 6.45) is 0. The summed E-state index contributed by atoms with van der Waals surface area (Å²) < 4.78 is 0. The standard InChI is InChI=1S/C58H43BN2/c1-57(2)48-24-15-25-50-55(48)60(52-34-40-21-12-11-20-39(40)32-49(52)57)56-53-45(43-22-13-14-23-47(43)58(53,3)4)35-46-44-31-28-41(37-18-9-6-10-19-37)33-51(44)61(59(50)54(46)56)42-29-26-38(27-30-42)36-16-7-5-8-17-36/h5-35H,1-4H3. The minimum Gasteiger partial charge on any atom is -0.376 e. The molecule has 9 aromatic carbocycles. The van der Waals surface area contributed by atoms with Crippen molar-refractivity contribution in [1.29, 1.82) is 0 Å². The van der Waals surface area contributed by atoms with E-state index >= 15 is 0 Å². The Morgan fingerprint density at radius 2 is 1.02 bits per heavy atom. The topological polar surface area (TPSA) is 6.48 Å². The van der Waals surface area contributed by atoms with Gasteiger partial charge in [0.15, 0.2) is 0 Å². The van der Waals surface area contributed by atoms with Crippen LogP contribution in [0.2, 0.25) is 0 Å². The fourth-order valence-electron chi connectivity index (χ4n) is 11.7. The second-order valence-electron chi connectivity index (χ2n) is 18.5. The number of para-hydroxylation sites is 1. The number of benzene rings is 9. The van der Waals surface area contributed by atoms with E-state index in [9.17, 15) is 0 Å². The molecule has 3 heteroatoms. The Morgan fingerprint density at radius 1 is 0.393 bits per heavy atom. The van der Waals surface area contributed by atoms with Gasteiger partial charge in [-0.1, -0.05) is 179 Å². The normalized spacial score (nSPS) is 15.4. The highest BCUT2D eigenvalue weighted by molar-refractivity contribution is 6.93. The van der Waals surface area contributed by atoms with Crippen LogP contribution in [-0.2, 0) is 10.8 Å². The Hall–Kier alpha value is -7.10. The van der Waals surface area contributed by atoms with Gasteiger partial charge in [0.25, 0.3) is 0 Å². The first-order chi connectivity index (χ1) is 29.8. The summed E-state index contributed by atoms with van der Waals surface area (Å²) in [5, 5.41) is 2.55. The fourth-order valence-corrected chi connectivity index (χ4v) is 11.7. The quantitative estimate of drug-likeness (QED) is 0.165. The number of hydrogen-bond donors (Lipinski definition) is 0. The lowest BCUT2D eigenvalue weighted by molar-refractivity contribution is 0.631. The maximum Gasteiger partial charge on any atom is 0.333 e. The summed E-state index contributed by atoms with van der Waals surface area (Å²) in [5.41, 5.74) is 24.3. The molecule has 0 spiro atoms. The van der Waals surface area contributed by atoms with Crippen LogP contribution in [0.5, 0.6) is 0 Å². The van der Waals surface area contributed by atoms with E-state index in [-0.39, 0.29) is 17.7 Å². The monoisotopic (exact) mass is 778 g/mol. The summed E-state index contributed by atoms with van der Waals surface area (Å²) in [6.45, 7) is 9.70. The molecule has 0 N–H and O–H groups in total. The number of rotatable bonds is 3.